The minimum Gasteiger partial charge on any atom is -0.350 e. The van der Waals surface area contributed by atoms with Crippen molar-refractivity contribution in [1.29, 1.82) is 0 Å². The number of anilines is 3. The summed E-state index contributed by atoms with van der Waals surface area (Å²) in [6.07, 6.45) is 2.42. The lowest BCUT2D eigenvalue weighted by atomic mass is 10.2. The highest BCUT2D eigenvalue weighted by Gasteiger charge is 2.30. The Morgan fingerprint density at radius 1 is 1.23 bits per heavy atom. The van der Waals surface area contributed by atoms with Gasteiger partial charge in [0.05, 0.1) is 18.4 Å². The number of carbonyl (C=O) groups is 1. The molecule has 0 saturated heterocycles. The van der Waals surface area contributed by atoms with E-state index in [4.69, 9.17) is 0 Å². The standard InChI is InChI=1S/C20H22F2N8O/c1-11-16-18(29(3)12(2)19(31)27-16)28-20(26-11)24-7-14-8-25-30(10-14)9-13-4-5-15(17(21)22)23-6-13/h4-6,8,10,12,17H,7,9H2,1-3H3,(H,27,31)(H,24,26,28)/t12-/m0/s1. The van der Waals surface area contributed by atoms with Crippen LogP contribution in [0.1, 0.15) is 35.9 Å². The molecular weight excluding hydrogens is 406 g/mol. The second kappa shape index (κ2) is 8.25. The first-order valence-corrected chi connectivity index (χ1v) is 9.72. The number of fused-ring (bicyclic) bond motifs is 1. The van der Waals surface area contributed by atoms with Crippen molar-refractivity contribution in [2.75, 3.05) is 22.6 Å². The van der Waals surface area contributed by atoms with Crippen LogP contribution in [0.3, 0.4) is 0 Å². The van der Waals surface area contributed by atoms with Gasteiger partial charge >= 0.3 is 0 Å². The van der Waals surface area contributed by atoms with Crippen LogP contribution in [0.15, 0.2) is 30.7 Å². The Bertz CT molecular complexity index is 1100. The molecular formula is C20H22F2N8O. The molecule has 2 N–H and O–H groups in total. The number of halogens is 2. The molecule has 0 bridgehead atoms. The maximum absolute atomic E-state index is 12.6. The number of hydrogen-bond donors (Lipinski definition) is 2. The Balaban J connectivity index is 1.42. The molecule has 1 amide bonds. The van der Waals surface area contributed by atoms with Crippen LogP contribution in [0.2, 0.25) is 0 Å². The van der Waals surface area contributed by atoms with Crippen molar-refractivity contribution in [3.63, 3.8) is 0 Å². The number of rotatable bonds is 6. The highest BCUT2D eigenvalue weighted by molar-refractivity contribution is 6.03. The Hall–Kier alpha value is -3.63. The minimum absolute atomic E-state index is 0.0890. The lowest BCUT2D eigenvalue weighted by Gasteiger charge is -2.32. The van der Waals surface area contributed by atoms with Gasteiger partial charge in [0.25, 0.3) is 6.43 Å². The minimum atomic E-state index is -2.58. The van der Waals surface area contributed by atoms with E-state index in [-0.39, 0.29) is 17.6 Å². The monoisotopic (exact) mass is 428 g/mol. The average molecular weight is 428 g/mol. The molecule has 11 heteroatoms. The Labute approximate surface area is 177 Å². The van der Waals surface area contributed by atoms with Gasteiger partial charge < -0.3 is 15.5 Å². The van der Waals surface area contributed by atoms with Crippen LogP contribution < -0.4 is 15.5 Å². The van der Waals surface area contributed by atoms with Crippen LogP contribution in [0.25, 0.3) is 0 Å². The topological polar surface area (TPSA) is 101 Å². The smallest absolute Gasteiger partial charge is 0.280 e. The molecule has 4 rings (SSSR count). The number of hydrogen-bond acceptors (Lipinski definition) is 7. The molecule has 9 nitrogen and oxygen atoms in total. The fraction of sp³-hybridized carbons (Fsp3) is 0.350. The van der Waals surface area contributed by atoms with E-state index in [0.29, 0.717) is 36.2 Å². The SMILES string of the molecule is Cc1nc(NCc2cnn(Cc3ccc(C(F)F)nc3)c2)nc2c1NC(=O)[C@H](C)N2C. The number of aryl methyl sites for hydroxylation is 1. The van der Waals surface area contributed by atoms with Crippen molar-refractivity contribution in [1.82, 2.24) is 24.7 Å². The maximum Gasteiger partial charge on any atom is 0.280 e. The van der Waals surface area contributed by atoms with E-state index in [9.17, 15) is 13.6 Å². The fourth-order valence-corrected chi connectivity index (χ4v) is 3.24. The summed E-state index contributed by atoms with van der Waals surface area (Å²) in [7, 11) is 1.82. The highest BCUT2D eigenvalue weighted by atomic mass is 19.3. The second-order valence-electron chi connectivity index (χ2n) is 7.40. The van der Waals surface area contributed by atoms with Gasteiger partial charge in [0.1, 0.15) is 17.4 Å². The molecule has 31 heavy (non-hydrogen) atoms. The largest absolute Gasteiger partial charge is 0.350 e. The molecule has 0 fully saturated rings. The zero-order chi connectivity index (χ0) is 22.1. The summed E-state index contributed by atoms with van der Waals surface area (Å²) < 4.78 is 26.9. The second-order valence-corrected chi connectivity index (χ2v) is 7.40. The summed E-state index contributed by atoms with van der Waals surface area (Å²) in [5.41, 5.74) is 2.74. The molecule has 3 aromatic rings. The third-order valence-corrected chi connectivity index (χ3v) is 5.17. The van der Waals surface area contributed by atoms with Gasteiger partial charge in [-0.05, 0) is 25.5 Å². The Kier molecular flexibility index (Phi) is 5.49. The summed E-state index contributed by atoms with van der Waals surface area (Å²) in [6, 6.07) is 2.62. The summed E-state index contributed by atoms with van der Waals surface area (Å²) in [6.45, 7) is 4.51. The molecule has 0 spiro atoms. The van der Waals surface area contributed by atoms with Gasteiger partial charge in [-0.15, -0.1) is 0 Å². The molecule has 0 aromatic carbocycles. The normalized spacial score (nSPS) is 15.7. The van der Waals surface area contributed by atoms with Gasteiger partial charge in [-0.25, -0.2) is 13.8 Å². The zero-order valence-electron chi connectivity index (χ0n) is 17.3. The molecule has 3 aromatic heterocycles. The van der Waals surface area contributed by atoms with Crippen molar-refractivity contribution in [3.05, 3.63) is 53.2 Å². The molecule has 1 atom stereocenters. The molecule has 1 aliphatic rings. The van der Waals surface area contributed by atoms with E-state index in [1.807, 2.05) is 32.0 Å². The molecule has 0 unspecified atom stereocenters. The predicted molar refractivity (Wildman–Crippen MR) is 111 cm³/mol. The highest BCUT2D eigenvalue weighted by Crippen LogP contribution is 2.32. The number of likely N-dealkylation sites (N-methyl/N-ethyl adjacent to an activating group) is 1. The third kappa shape index (κ3) is 4.30. The van der Waals surface area contributed by atoms with Crippen molar-refractivity contribution < 1.29 is 13.6 Å². The molecule has 162 valence electrons. The van der Waals surface area contributed by atoms with Gasteiger partial charge in [0.2, 0.25) is 11.9 Å². The third-order valence-electron chi connectivity index (χ3n) is 5.17. The summed E-state index contributed by atoms with van der Waals surface area (Å²) in [5, 5.41) is 10.3. The molecule has 0 aliphatic carbocycles. The van der Waals surface area contributed by atoms with Gasteiger partial charge in [-0.2, -0.15) is 10.1 Å². The number of nitrogens with one attached hydrogen (secondary N) is 2. The molecule has 0 saturated carbocycles. The van der Waals surface area contributed by atoms with Gasteiger partial charge in [0.15, 0.2) is 5.82 Å². The quantitative estimate of drug-likeness (QED) is 0.623. The van der Waals surface area contributed by atoms with Crippen LogP contribution >= 0.6 is 0 Å². The number of amides is 1. The first-order chi connectivity index (χ1) is 14.8. The van der Waals surface area contributed by atoms with Gasteiger partial charge in [0, 0.05) is 31.5 Å². The van der Waals surface area contributed by atoms with E-state index in [2.05, 4.69) is 30.7 Å². The summed E-state index contributed by atoms with van der Waals surface area (Å²) >= 11 is 0. The van der Waals surface area contributed by atoms with Crippen molar-refractivity contribution in [2.45, 2.75) is 39.4 Å². The maximum atomic E-state index is 12.6. The molecule has 0 radical (unpaired) electrons. The van der Waals surface area contributed by atoms with Gasteiger partial charge in [-0.1, -0.05) is 6.07 Å². The Morgan fingerprint density at radius 3 is 2.74 bits per heavy atom. The van der Waals surface area contributed by atoms with E-state index >= 15 is 0 Å². The van der Waals surface area contributed by atoms with Crippen molar-refractivity contribution in [3.8, 4) is 0 Å². The molecule has 4 heterocycles. The number of nitrogens with zero attached hydrogens (tertiary/aromatic N) is 6. The number of carbonyl (C=O) groups excluding carboxylic acids is 1. The van der Waals surface area contributed by atoms with E-state index in [0.717, 1.165) is 11.1 Å². The summed E-state index contributed by atoms with van der Waals surface area (Å²) in [4.78, 5) is 26.6. The lowest BCUT2D eigenvalue weighted by molar-refractivity contribution is -0.117. The predicted octanol–water partition coefficient (Wildman–Crippen LogP) is 2.75. The van der Waals surface area contributed by atoms with E-state index in [1.54, 1.807) is 16.9 Å². The Morgan fingerprint density at radius 2 is 2.03 bits per heavy atom. The fourth-order valence-electron chi connectivity index (χ4n) is 3.24. The first-order valence-electron chi connectivity index (χ1n) is 9.72. The van der Waals surface area contributed by atoms with Crippen molar-refractivity contribution in [2.24, 2.45) is 0 Å². The van der Waals surface area contributed by atoms with E-state index in [1.165, 1.54) is 12.3 Å². The van der Waals surface area contributed by atoms with Crippen molar-refractivity contribution >= 4 is 23.4 Å². The number of aromatic nitrogens is 5. The van der Waals surface area contributed by atoms with Crippen LogP contribution in [-0.2, 0) is 17.9 Å². The van der Waals surface area contributed by atoms with Crippen LogP contribution in [0.5, 0.6) is 0 Å². The van der Waals surface area contributed by atoms with Gasteiger partial charge in [-0.3, -0.25) is 14.5 Å². The zero-order valence-corrected chi connectivity index (χ0v) is 17.3. The number of alkyl halides is 2. The van der Waals surface area contributed by atoms with Crippen LogP contribution in [0, 0.1) is 6.92 Å². The lowest BCUT2D eigenvalue weighted by Crippen LogP contribution is -2.44. The van der Waals surface area contributed by atoms with Crippen LogP contribution in [0.4, 0.5) is 26.2 Å². The summed E-state index contributed by atoms with van der Waals surface area (Å²) in [5.74, 6) is 1.03. The first kappa shape index (κ1) is 20.6. The van der Waals surface area contributed by atoms with Crippen LogP contribution in [-0.4, -0.2) is 43.7 Å². The number of pyridine rings is 1. The molecule has 1 aliphatic heterocycles. The average Bonchev–Trinajstić information content (AvgIpc) is 3.19. The van der Waals surface area contributed by atoms with E-state index < -0.39 is 6.43 Å².